The van der Waals surface area contributed by atoms with Crippen molar-refractivity contribution in [2.24, 2.45) is 5.92 Å². The largest absolute Gasteiger partial charge is 0.340 e. The number of amides is 2. The van der Waals surface area contributed by atoms with Gasteiger partial charge in [-0.2, -0.15) is 0 Å². The number of hydrogen-bond acceptors (Lipinski definition) is 4. The molecule has 0 spiro atoms. The Kier molecular flexibility index (Phi) is 11.2. The Morgan fingerprint density at radius 3 is 2.50 bits per heavy atom. The minimum absolute atomic E-state index is 0. The number of nitrogens with one attached hydrogen (secondary N) is 2. The smallest absolute Gasteiger partial charge is 0.238 e. The molecule has 1 aromatic carbocycles. The average Bonchev–Trinajstić information content (AvgIpc) is 3.16. The van der Waals surface area contributed by atoms with Gasteiger partial charge in [-0.3, -0.25) is 14.5 Å². The van der Waals surface area contributed by atoms with Crippen molar-refractivity contribution in [1.82, 2.24) is 15.1 Å². The highest BCUT2D eigenvalue weighted by molar-refractivity contribution is 6.33. The Hall–Kier alpha value is -1.05. The van der Waals surface area contributed by atoms with Crippen molar-refractivity contribution in [1.29, 1.82) is 0 Å². The van der Waals surface area contributed by atoms with E-state index < -0.39 is 0 Å². The molecule has 1 aromatic rings. The molecule has 28 heavy (non-hydrogen) atoms. The number of benzene rings is 1. The summed E-state index contributed by atoms with van der Waals surface area (Å²) in [4.78, 5) is 28.6. The van der Waals surface area contributed by atoms with Crippen LogP contribution in [0.3, 0.4) is 0 Å². The Bertz CT molecular complexity index is 633. The lowest BCUT2D eigenvalue weighted by molar-refractivity contribution is -0.133. The molecule has 2 aliphatic heterocycles. The maximum atomic E-state index is 12.4. The fraction of sp³-hybridized carbons (Fsp3) is 0.579. The lowest BCUT2D eigenvalue weighted by Crippen LogP contribution is -2.50. The van der Waals surface area contributed by atoms with Gasteiger partial charge >= 0.3 is 0 Å². The molecular formula is C19H29Cl3N4O2. The Morgan fingerprint density at radius 1 is 1.14 bits per heavy atom. The number of carbonyl (C=O) groups excluding carboxylic acids is 2. The van der Waals surface area contributed by atoms with E-state index in [-0.39, 0.29) is 36.6 Å². The van der Waals surface area contributed by atoms with Crippen LogP contribution < -0.4 is 10.6 Å². The van der Waals surface area contributed by atoms with E-state index in [2.05, 4.69) is 15.5 Å². The topological polar surface area (TPSA) is 64.7 Å². The van der Waals surface area contributed by atoms with Crippen LogP contribution >= 0.6 is 36.4 Å². The van der Waals surface area contributed by atoms with E-state index in [1.54, 1.807) is 12.1 Å². The SMILES string of the molecule is Cl.Cl.O=C(CN1CCN(C(=O)CCC2CCNC2)CC1)Nc1ccccc1Cl. The molecule has 2 saturated heterocycles. The summed E-state index contributed by atoms with van der Waals surface area (Å²) < 4.78 is 0. The third-order valence-electron chi connectivity index (χ3n) is 5.17. The first-order valence-electron chi connectivity index (χ1n) is 9.37. The molecule has 0 bridgehead atoms. The maximum Gasteiger partial charge on any atom is 0.238 e. The molecule has 0 aliphatic carbocycles. The van der Waals surface area contributed by atoms with Gasteiger partial charge in [0, 0.05) is 32.6 Å². The molecular weight excluding hydrogens is 423 g/mol. The van der Waals surface area contributed by atoms with Crippen molar-refractivity contribution in [2.45, 2.75) is 19.3 Å². The van der Waals surface area contributed by atoms with Crippen LogP contribution in [0.5, 0.6) is 0 Å². The summed E-state index contributed by atoms with van der Waals surface area (Å²) in [6, 6.07) is 7.21. The van der Waals surface area contributed by atoms with Crippen LogP contribution in [0.2, 0.25) is 5.02 Å². The van der Waals surface area contributed by atoms with E-state index in [0.29, 0.717) is 42.7 Å². The average molecular weight is 452 g/mol. The summed E-state index contributed by atoms with van der Waals surface area (Å²) in [5.74, 6) is 0.817. The number of anilines is 1. The molecule has 2 aliphatic rings. The van der Waals surface area contributed by atoms with Gasteiger partial charge in [-0.15, -0.1) is 24.8 Å². The van der Waals surface area contributed by atoms with Gasteiger partial charge in [-0.05, 0) is 44.0 Å². The fourth-order valence-corrected chi connectivity index (χ4v) is 3.74. The van der Waals surface area contributed by atoms with E-state index in [4.69, 9.17) is 11.6 Å². The van der Waals surface area contributed by atoms with Gasteiger partial charge < -0.3 is 15.5 Å². The molecule has 2 fully saturated rings. The molecule has 6 nitrogen and oxygen atoms in total. The zero-order chi connectivity index (χ0) is 18.4. The van der Waals surface area contributed by atoms with Crippen LogP contribution in [-0.4, -0.2) is 67.4 Å². The van der Waals surface area contributed by atoms with E-state index in [9.17, 15) is 9.59 Å². The first kappa shape index (κ1) is 25.0. The second-order valence-electron chi connectivity index (χ2n) is 7.08. The maximum absolute atomic E-state index is 12.4. The van der Waals surface area contributed by atoms with Gasteiger partial charge in [-0.25, -0.2) is 0 Å². The van der Waals surface area contributed by atoms with Gasteiger partial charge in [0.2, 0.25) is 11.8 Å². The first-order valence-corrected chi connectivity index (χ1v) is 9.75. The van der Waals surface area contributed by atoms with Crippen LogP contribution in [0.15, 0.2) is 24.3 Å². The highest BCUT2D eigenvalue weighted by Gasteiger charge is 2.23. The second kappa shape index (κ2) is 12.5. The summed E-state index contributed by atoms with van der Waals surface area (Å²) in [5.41, 5.74) is 0.634. The van der Waals surface area contributed by atoms with Gasteiger partial charge in [0.15, 0.2) is 0 Å². The number of rotatable bonds is 6. The number of halogens is 3. The van der Waals surface area contributed by atoms with Gasteiger partial charge in [0.1, 0.15) is 0 Å². The standard InChI is InChI=1S/C19H27ClN4O2.2ClH/c20-16-3-1-2-4-17(16)22-18(25)14-23-9-11-24(12-10-23)19(26)6-5-15-7-8-21-13-15;;/h1-4,15,21H,5-14H2,(H,22,25);2*1H. The molecule has 158 valence electrons. The predicted molar refractivity (Wildman–Crippen MR) is 118 cm³/mol. The summed E-state index contributed by atoms with van der Waals surface area (Å²) >= 11 is 6.07. The van der Waals surface area contributed by atoms with Gasteiger partial charge in [0.05, 0.1) is 17.3 Å². The van der Waals surface area contributed by atoms with E-state index in [0.717, 1.165) is 32.6 Å². The van der Waals surface area contributed by atoms with Crippen molar-refractivity contribution < 1.29 is 9.59 Å². The Labute approximate surface area is 184 Å². The van der Waals surface area contributed by atoms with Crippen molar-refractivity contribution in [2.75, 3.05) is 51.1 Å². The number of piperazine rings is 1. The van der Waals surface area contributed by atoms with Crippen molar-refractivity contribution >= 4 is 53.9 Å². The molecule has 0 aromatic heterocycles. The molecule has 2 N–H and O–H groups in total. The quantitative estimate of drug-likeness (QED) is 0.698. The van der Waals surface area contributed by atoms with E-state index in [1.165, 1.54) is 6.42 Å². The monoisotopic (exact) mass is 450 g/mol. The highest BCUT2D eigenvalue weighted by Crippen LogP contribution is 2.20. The van der Waals surface area contributed by atoms with E-state index in [1.807, 2.05) is 17.0 Å². The molecule has 1 atom stereocenters. The predicted octanol–water partition coefficient (Wildman–Crippen LogP) is 2.66. The normalized spacial score (nSPS) is 19.5. The summed E-state index contributed by atoms with van der Waals surface area (Å²) in [6.07, 6.45) is 2.80. The molecule has 9 heteroatoms. The number of nitrogens with zero attached hydrogens (tertiary/aromatic N) is 2. The summed E-state index contributed by atoms with van der Waals surface area (Å²) in [5, 5.41) is 6.72. The molecule has 0 saturated carbocycles. The minimum Gasteiger partial charge on any atom is -0.340 e. The summed E-state index contributed by atoms with van der Waals surface area (Å²) in [7, 11) is 0. The Morgan fingerprint density at radius 2 is 1.86 bits per heavy atom. The number of para-hydroxylation sites is 1. The fourth-order valence-electron chi connectivity index (χ4n) is 3.56. The lowest BCUT2D eigenvalue weighted by atomic mass is 10.0. The molecule has 0 radical (unpaired) electrons. The van der Waals surface area contributed by atoms with Crippen molar-refractivity contribution in [3.8, 4) is 0 Å². The van der Waals surface area contributed by atoms with Crippen LogP contribution in [0.25, 0.3) is 0 Å². The molecule has 2 heterocycles. The number of carbonyl (C=O) groups is 2. The van der Waals surface area contributed by atoms with Crippen LogP contribution in [-0.2, 0) is 9.59 Å². The summed E-state index contributed by atoms with van der Waals surface area (Å²) in [6.45, 7) is 5.29. The van der Waals surface area contributed by atoms with Crippen LogP contribution in [0, 0.1) is 5.92 Å². The third kappa shape index (κ3) is 7.41. The van der Waals surface area contributed by atoms with Crippen LogP contribution in [0.4, 0.5) is 5.69 Å². The first-order chi connectivity index (χ1) is 12.6. The van der Waals surface area contributed by atoms with Crippen molar-refractivity contribution in [3.63, 3.8) is 0 Å². The number of hydrogen-bond donors (Lipinski definition) is 2. The van der Waals surface area contributed by atoms with Gasteiger partial charge in [0.25, 0.3) is 0 Å². The Balaban J connectivity index is 0.00000196. The van der Waals surface area contributed by atoms with E-state index >= 15 is 0 Å². The highest BCUT2D eigenvalue weighted by atomic mass is 35.5. The lowest BCUT2D eigenvalue weighted by Gasteiger charge is -2.34. The molecule has 3 rings (SSSR count). The second-order valence-corrected chi connectivity index (χ2v) is 7.49. The minimum atomic E-state index is -0.0772. The molecule has 2 amide bonds. The van der Waals surface area contributed by atoms with Crippen LogP contribution in [0.1, 0.15) is 19.3 Å². The van der Waals surface area contributed by atoms with Crippen molar-refractivity contribution in [3.05, 3.63) is 29.3 Å². The third-order valence-corrected chi connectivity index (χ3v) is 5.50. The van der Waals surface area contributed by atoms with Gasteiger partial charge in [-0.1, -0.05) is 23.7 Å². The zero-order valence-electron chi connectivity index (χ0n) is 15.9. The zero-order valence-corrected chi connectivity index (χ0v) is 18.3. The molecule has 1 unspecified atom stereocenters.